The van der Waals surface area contributed by atoms with Gasteiger partial charge in [-0.25, -0.2) is 0 Å². The fourth-order valence-corrected chi connectivity index (χ4v) is 3.08. The van der Waals surface area contributed by atoms with Crippen LogP contribution in [0.15, 0.2) is 72.8 Å². The van der Waals surface area contributed by atoms with Crippen molar-refractivity contribution in [1.29, 1.82) is 0 Å². The molecule has 0 unspecified atom stereocenters. The van der Waals surface area contributed by atoms with Gasteiger partial charge >= 0.3 is 0 Å². The molecule has 0 aliphatic carbocycles. The van der Waals surface area contributed by atoms with Gasteiger partial charge in [-0.3, -0.25) is 4.90 Å². The van der Waals surface area contributed by atoms with Gasteiger partial charge in [0, 0.05) is 25.0 Å². The first kappa shape index (κ1) is 18.4. The summed E-state index contributed by atoms with van der Waals surface area (Å²) in [5.41, 5.74) is 1.16. The van der Waals surface area contributed by atoms with E-state index in [1.54, 1.807) is 0 Å². The maximum atomic E-state index is 10.4. The van der Waals surface area contributed by atoms with Gasteiger partial charge in [0.05, 0.1) is 6.61 Å². The van der Waals surface area contributed by atoms with E-state index >= 15 is 0 Å². The Labute approximate surface area is 154 Å². The molecule has 1 atom stereocenters. The van der Waals surface area contributed by atoms with Crippen LogP contribution in [0.25, 0.3) is 10.8 Å². The molecule has 26 heavy (non-hydrogen) atoms. The fourth-order valence-electron chi connectivity index (χ4n) is 3.08. The highest BCUT2D eigenvalue weighted by molar-refractivity contribution is 5.88. The summed E-state index contributed by atoms with van der Waals surface area (Å²) in [6, 6.07) is 24.0. The molecule has 0 aromatic heterocycles. The van der Waals surface area contributed by atoms with Gasteiger partial charge in [0.1, 0.15) is 18.5 Å². The minimum atomic E-state index is -0.635. The Bertz CT molecular complexity index is 801. The number of aliphatic hydroxyl groups is 2. The van der Waals surface area contributed by atoms with E-state index in [0.29, 0.717) is 19.6 Å². The normalized spacial score (nSPS) is 12.4. The Hall–Kier alpha value is -2.40. The Kier molecular flexibility index (Phi) is 6.61. The zero-order chi connectivity index (χ0) is 18.2. The number of hydrogen-bond donors (Lipinski definition) is 2. The predicted octanol–water partition coefficient (Wildman–Crippen LogP) is 3.07. The van der Waals surface area contributed by atoms with Crippen molar-refractivity contribution in [2.75, 3.05) is 26.3 Å². The van der Waals surface area contributed by atoms with Crippen molar-refractivity contribution in [2.45, 2.75) is 12.6 Å². The van der Waals surface area contributed by atoms with Crippen molar-refractivity contribution in [3.8, 4) is 5.75 Å². The number of nitrogens with zero attached hydrogens (tertiary/aromatic N) is 1. The summed E-state index contributed by atoms with van der Waals surface area (Å²) < 4.78 is 5.87. The maximum Gasteiger partial charge on any atom is 0.127 e. The van der Waals surface area contributed by atoms with E-state index in [-0.39, 0.29) is 13.2 Å². The van der Waals surface area contributed by atoms with E-state index in [0.717, 1.165) is 22.1 Å². The first-order valence-corrected chi connectivity index (χ1v) is 8.92. The van der Waals surface area contributed by atoms with Crippen molar-refractivity contribution in [3.05, 3.63) is 78.4 Å². The highest BCUT2D eigenvalue weighted by Crippen LogP contribution is 2.25. The average Bonchev–Trinajstić information content (AvgIpc) is 2.67. The minimum Gasteiger partial charge on any atom is -0.490 e. The van der Waals surface area contributed by atoms with Gasteiger partial charge in [-0.15, -0.1) is 0 Å². The molecule has 136 valence electrons. The molecule has 0 heterocycles. The standard InChI is InChI=1S/C22H25NO3/c24-14-13-23(15-18-7-2-1-3-8-18)16-20(25)17-26-22-12-6-10-19-9-4-5-11-21(19)22/h1-12,20,24-25H,13-17H2/t20-/m1/s1. The van der Waals surface area contributed by atoms with Gasteiger partial charge in [-0.05, 0) is 17.0 Å². The molecular weight excluding hydrogens is 326 g/mol. The summed E-state index contributed by atoms with van der Waals surface area (Å²) in [6.07, 6.45) is -0.635. The molecule has 4 heteroatoms. The quantitative estimate of drug-likeness (QED) is 0.622. The van der Waals surface area contributed by atoms with Crippen LogP contribution in [0.4, 0.5) is 0 Å². The summed E-state index contributed by atoms with van der Waals surface area (Å²) >= 11 is 0. The van der Waals surface area contributed by atoms with Crippen molar-refractivity contribution in [3.63, 3.8) is 0 Å². The van der Waals surface area contributed by atoms with Gasteiger partial charge in [-0.1, -0.05) is 66.7 Å². The summed E-state index contributed by atoms with van der Waals surface area (Å²) in [6.45, 7) is 1.92. The first-order chi connectivity index (χ1) is 12.8. The monoisotopic (exact) mass is 351 g/mol. The molecule has 0 aliphatic heterocycles. The highest BCUT2D eigenvalue weighted by Gasteiger charge is 2.13. The van der Waals surface area contributed by atoms with Gasteiger partial charge in [-0.2, -0.15) is 0 Å². The van der Waals surface area contributed by atoms with Crippen LogP contribution in [0, 0.1) is 0 Å². The second-order valence-electron chi connectivity index (χ2n) is 6.39. The molecule has 3 aromatic rings. The molecular formula is C22H25NO3. The number of aliphatic hydroxyl groups excluding tert-OH is 2. The molecule has 0 amide bonds. The van der Waals surface area contributed by atoms with E-state index in [1.165, 1.54) is 0 Å². The topological polar surface area (TPSA) is 52.9 Å². The number of benzene rings is 3. The van der Waals surface area contributed by atoms with Gasteiger partial charge in [0.2, 0.25) is 0 Å². The van der Waals surface area contributed by atoms with Gasteiger partial charge in [0.25, 0.3) is 0 Å². The third kappa shape index (κ3) is 5.05. The third-order valence-corrected chi connectivity index (χ3v) is 4.32. The molecule has 0 aliphatic rings. The Morgan fingerprint density at radius 1 is 0.885 bits per heavy atom. The van der Waals surface area contributed by atoms with Crippen molar-refractivity contribution in [1.82, 2.24) is 4.90 Å². The zero-order valence-electron chi connectivity index (χ0n) is 14.8. The first-order valence-electron chi connectivity index (χ1n) is 8.92. The van der Waals surface area contributed by atoms with E-state index < -0.39 is 6.10 Å². The van der Waals surface area contributed by atoms with Gasteiger partial charge in [0.15, 0.2) is 0 Å². The lowest BCUT2D eigenvalue weighted by Gasteiger charge is -2.24. The third-order valence-electron chi connectivity index (χ3n) is 4.32. The highest BCUT2D eigenvalue weighted by atomic mass is 16.5. The van der Waals surface area contributed by atoms with Crippen LogP contribution >= 0.6 is 0 Å². The van der Waals surface area contributed by atoms with Crippen molar-refractivity contribution in [2.24, 2.45) is 0 Å². The van der Waals surface area contributed by atoms with Crippen LogP contribution in [-0.4, -0.2) is 47.5 Å². The Morgan fingerprint density at radius 2 is 1.62 bits per heavy atom. The molecule has 0 saturated heterocycles. The zero-order valence-corrected chi connectivity index (χ0v) is 14.8. The van der Waals surface area contributed by atoms with Gasteiger partial charge < -0.3 is 14.9 Å². The lowest BCUT2D eigenvalue weighted by Crippen LogP contribution is -2.37. The molecule has 0 spiro atoms. The summed E-state index contributed by atoms with van der Waals surface area (Å²) in [4.78, 5) is 2.03. The minimum absolute atomic E-state index is 0.0593. The van der Waals surface area contributed by atoms with E-state index in [1.807, 2.05) is 77.7 Å². The fraction of sp³-hybridized carbons (Fsp3) is 0.273. The largest absolute Gasteiger partial charge is 0.490 e. The number of ether oxygens (including phenoxy) is 1. The number of fused-ring (bicyclic) bond motifs is 1. The van der Waals surface area contributed by atoms with Crippen LogP contribution in [0.2, 0.25) is 0 Å². The molecule has 0 bridgehead atoms. The summed E-state index contributed by atoms with van der Waals surface area (Å²) in [5, 5.41) is 21.9. The summed E-state index contributed by atoms with van der Waals surface area (Å²) in [5.74, 6) is 0.777. The average molecular weight is 351 g/mol. The molecule has 0 fully saturated rings. The number of rotatable bonds is 9. The molecule has 2 N–H and O–H groups in total. The van der Waals surface area contributed by atoms with Crippen molar-refractivity contribution < 1.29 is 14.9 Å². The van der Waals surface area contributed by atoms with Crippen molar-refractivity contribution >= 4 is 10.8 Å². The van der Waals surface area contributed by atoms with Crippen LogP contribution in [0.3, 0.4) is 0 Å². The Morgan fingerprint density at radius 3 is 2.42 bits per heavy atom. The molecule has 3 aromatic carbocycles. The van der Waals surface area contributed by atoms with E-state index in [4.69, 9.17) is 4.74 Å². The smallest absolute Gasteiger partial charge is 0.127 e. The molecule has 0 saturated carbocycles. The molecule has 4 nitrogen and oxygen atoms in total. The second kappa shape index (κ2) is 9.34. The lowest BCUT2D eigenvalue weighted by molar-refractivity contribution is 0.0595. The van der Waals surface area contributed by atoms with Crippen LogP contribution < -0.4 is 4.74 Å². The molecule has 3 rings (SSSR count). The second-order valence-corrected chi connectivity index (χ2v) is 6.39. The SMILES string of the molecule is OCCN(Cc1ccccc1)C[C@@H](O)COc1cccc2ccccc12. The maximum absolute atomic E-state index is 10.4. The van der Waals surface area contributed by atoms with Crippen LogP contribution in [0.1, 0.15) is 5.56 Å². The Balaban J connectivity index is 1.58. The summed E-state index contributed by atoms with van der Waals surface area (Å²) in [7, 11) is 0. The van der Waals surface area contributed by atoms with Crippen LogP contribution in [-0.2, 0) is 6.54 Å². The van der Waals surface area contributed by atoms with E-state index in [2.05, 4.69) is 0 Å². The van der Waals surface area contributed by atoms with Crippen LogP contribution in [0.5, 0.6) is 5.75 Å². The predicted molar refractivity (Wildman–Crippen MR) is 104 cm³/mol. The lowest BCUT2D eigenvalue weighted by atomic mass is 10.1. The van der Waals surface area contributed by atoms with E-state index in [9.17, 15) is 10.2 Å². The molecule has 0 radical (unpaired) electrons. The number of hydrogen-bond acceptors (Lipinski definition) is 4.